The Balaban J connectivity index is 1.80. The van der Waals surface area contributed by atoms with Crippen LogP contribution in [-0.2, 0) is 17.8 Å². The highest BCUT2D eigenvalue weighted by Crippen LogP contribution is 2.20. The molecule has 6 nitrogen and oxygen atoms in total. The van der Waals surface area contributed by atoms with E-state index in [1.807, 2.05) is 37.3 Å². The average molecular weight is 403 g/mol. The first-order valence-corrected chi connectivity index (χ1v) is 9.78. The van der Waals surface area contributed by atoms with Gasteiger partial charge in [0.1, 0.15) is 5.56 Å². The van der Waals surface area contributed by atoms with Crippen molar-refractivity contribution >= 4 is 23.2 Å². The van der Waals surface area contributed by atoms with Crippen LogP contribution in [-0.4, -0.2) is 16.4 Å². The van der Waals surface area contributed by atoms with Gasteiger partial charge in [0.25, 0.3) is 11.5 Å². The zero-order valence-electron chi connectivity index (χ0n) is 17.4. The number of nitrogens with one attached hydrogen (secondary N) is 2. The third kappa shape index (κ3) is 5.03. The SMILES string of the molecule is CC(=O)Nc1ccc(NC(=O)c2c(C)ccn(CCc3ccccc3)c2=O)c(C)c1. The molecule has 0 saturated carbocycles. The topological polar surface area (TPSA) is 80.2 Å². The summed E-state index contributed by atoms with van der Waals surface area (Å²) in [6.07, 6.45) is 2.43. The van der Waals surface area contributed by atoms with Gasteiger partial charge >= 0.3 is 0 Å². The van der Waals surface area contributed by atoms with E-state index in [9.17, 15) is 14.4 Å². The number of aromatic nitrogens is 1. The largest absolute Gasteiger partial charge is 0.326 e. The first-order valence-electron chi connectivity index (χ1n) is 9.78. The van der Waals surface area contributed by atoms with E-state index in [2.05, 4.69) is 10.6 Å². The number of aryl methyl sites for hydroxylation is 4. The molecule has 2 amide bonds. The van der Waals surface area contributed by atoms with Crippen LogP contribution >= 0.6 is 0 Å². The van der Waals surface area contributed by atoms with Crippen molar-refractivity contribution in [2.45, 2.75) is 33.7 Å². The lowest BCUT2D eigenvalue weighted by atomic mass is 10.1. The quantitative estimate of drug-likeness (QED) is 0.655. The minimum atomic E-state index is -0.443. The summed E-state index contributed by atoms with van der Waals surface area (Å²) >= 11 is 0. The van der Waals surface area contributed by atoms with Gasteiger partial charge in [0, 0.05) is 31.0 Å². The fourth-order valence-corrected chi connectivity index (χ4v) is 3.28. The Bertz CT molecular complexity index is 1130. The van der Waals surface area contributed by atoms with Crippen molar-refractivity contribution in [3.8, 4) is 0 Å². The van der Waals surface area contributed by atoms with Crippen LogP contribution in [0.1, 0.15) is 34.0 Å². The number of pyridine rings is 1. The zero-order chi connectivity index (χ0) is 21.7. The molecule has 0 aliphatic carbocycles. The highest BCUT2D eigenvalue weighted by Gasteiger charge is 2.17. The van der Waals surface area contributed by atoms with Gasteiger partial charge < -0.3 is 15.2 Å². The van der Waals surface area contributed by atoms with E-state index in [1.54, 1.807) is 42.0 Å². The molecule has 0 aliphatic heterocycles. The fraction of sp³-hybridized carbons (Fsp3) is 0.208. The Morgan fingerprint density at radius 3 is 2.33 bits per heavy atom. The molecule has 6 heteroatoms. The lowest BCUT2D eigenvalue weighted by Gasteiger charge is -2.13. The first kappa shape index (κ1) is 21.0. The van der Waals surface area contributed by atoms with Crippen molar-refractivity contribution in [1.82, 2.24) is 4.57 Å². The summed E-state index contributed by atoms with van der Waals surface area (Å²) in [4.78, 5) is 37.1. The van der Waals surface area contributed by atoms with Gasteiger partial charge in [-0.15, -0.1) is 0 Å². The lowest BCUT2D eigenvalue weighted by Crippen LogP contribution is -2.30. The summed E-state index contributed by atoms with van der Waals surface area (Å²) in [5.74, 6) is -0.607. The Hall–Kier alpha value is -3.67. The smallest absolute Gasteiger partial charge is 0.263 e. The van der Waals surface area contributed by atoms with Crippen LogP contribution < -0.4 is 16.2 Å². The van der Waals surface area contributed by atoms with Crippen LogP contribution in [0.25, 0.3) is 0 Å². The standard InChI is InChI=1S/C24H25N3O3/c1-16-11-13-27(14-12-19-7-5-4-6-8-19)24(30)22(16)23(29)26-21-10-9-20(15-17(21)2)25-18(3)28/h4-11,13,15H,12,14H2,1-3H3,(H,25,28)(H,26,29). The van der Waals surface area contributed by atoms with Gasteiger partial charge in [-0.05, 0) is 61.2 Å². The molecule has 2 N–H and O–H groups in total. The van der Waals surface area contributed by atoms with E-state index in [4.69, 9.17) is 0 Å². The lowest BCUT2D eigenvalue weighted by molar-refractivity contribution is -0.114. The molecule has 154 valence electrons. The molecule has 1 heterocycles. The van der Waals surface area contributed by atoms with Gasteiger partial charge in [-0.1, -0.05) is 30.3 Å². The molecule has 0 bridgehead atoms. The van der Waals surface area contributed by atoms with E-state index < -0.39 is 5.91 Å². The number of carbonyl (C=O) groups is 2. The van der Waals surface area contributed by atoms with E-state index in [-0.39, 0.29) is 17.0 Å². The van der Waals surface area contributed by atoms with E-state index in [1.165, 1.54) is 6.92 Å². The van der Waals surface area contributed by atoms with Crippen LogP contribution in [0.5, 0.6) is 0 Å². The zero-order valence-corrected chi connectivity index (χ0v) is 17.4. The van der Waals surface area contributed by atoms with Gasteiger partial charge in [0.2, 0.25) is 5.91 Å². The van der Waals surface area contributed by atoms with Crippen molar-refractivity contribution in [2.75, 3.05) is 10.6 Å². The summed E-state index contributed by atoms with van der Waals surface area (Å²) in [5.41, 5.74) is 3.61. The highest BCUT2D eigenvalue weighted by molar-refractivity contribution is 6.05. The van der Waals surface area contributed by atoms with Gasteiger partial charge in [0.15, 0.2) is 0 Å². The number of benzene rings is 2. The molecule has 0 saturated heterocycles. The van der Waals surface area contributed by atoms with Gasteiger partial charge in [-0.2, -0.15) is 0 Å². The molecule has 0 fully saturated rings. The molecule has 3 aromatic rings. The van der Waals surface area contributed by atoms with Crippen molar-refractivity contribution in [2.24, 2.45) is 0 Å². The predicted octanol–water partition coefficient (Wildman–Crippen LogP) is 3.92. The minimum absolute atomic E-state index is 0.135. The van der Waals surface area contributed by atoms with Crippen molar-refractivity contribution < 1.29 is 9.59 Å². The molecule has 0 atom stereocenters. The Morgan fingerprint density at radius 2 is 1.67 bits per heavy atom. The first-order chi connectivity index (χ1) is 14.3. The maximum Gasteiger partial charge on any atom is 0.263 e. The Labute approximate surface area is 175 Å². The van der Waals surface area contributed by atoms with Crippen molar-refractivity contribution in [3.63, 3.8) is 0 Å². The molecule has 2 aromatic carbocycles. The second-order valence-electron chi connectivity index (χ2n) is 7.27. The van der Waals surface area contributed by atoms with Crippen LogP contribution in [0.3, 0.4) is 0 Å². The normalized spacial score (nSPS) is 10.5. The van der Waals surface area contributed by atoms with Crippen LogP contribution in [0.2, 0.25) is 0 Å². The second-order valence-corrected chi connectivity index (χ2v) is 7.27. The summed E-state index contributed by atoms with van der Waals surface area (Å²) in [5, 5.41) is 5.53. The molecular weight excluding hydrogens is 378 g/mol. The van der Waals surface area contributed by atoms with Crippen LogP contribution in [0.4, 0.5) is 11.4 Å². The summed E-state index contributed by atoms with van der Waals surface area (Å²) < 4.78 is 1.57. The number of rotatable bonds is 6. The number of hydrogen-bond acceptors (Lipinski definition) is 3. The van der Waals surface area contributed by atoms with Gasteiger partial charge in [-0.3, -0.25) is 14.4 Å². The van der Waals surface area contributed by atoms with Gasteiger partial charge in [-0.25, -0.2) is 0 Å². The molecule has 3 rings (SSSR count). The second kappa shape index (κ2) is 9.22. The van der Waals surface area contributed by atoms with Crippen molar-refractivity contribution in [1.29, 1.82) is 0 Å². The maximum absolute atomic E-state index is 13.0. The number of nitrogens with zero attached hydrogens (tertiary/aromatic N) is 1. The maximum atomic E-state index is 13.0. The van der Waals surface area contributed by atoms with Crippen LogP contribution in [0.15, 0.2) is 65.6 Å². The number of carbonyl (C=O) groups excluding carboxylic acids is 2. The van der Waals surface area contributed by atoms with E-state index >= 15 is 0 Å². The number of hydrogen-bond donors (Lipinski definition) is 2. The highest BCUT2D eigenvalue weighted by atomic mass is 16.2. The minimum Gasteiger partial charge on any atom is -0.326 e. The molecule has 0 aliphatic rings. The summed E-state index contributed by atoms with van der Waals surface area (Å²) in [7, 11) is 0. The van der Waals surface area contributed by atoms with E-state index in [0.717, 1.165) is 11.1 Å². The molecule has 0 spiro atoms. The molecule has 1 aromatic heterocycles. The molecule has 30 heavy (non-hydrogen) atoms. The fourth-order valence-electron chi connectivity index (χ4n) is 3.28. The van der Waals surface area contributed by atoms with Gasteiger partial charge in [0.05, 0.1) is 0 Å². The van der Waals surface area contributed by atoms with Crippen molar-refractivity contribution in [3.05, 3.63) is 93.4 Å². The Kier molecular flexibility index (Phi) is 6.47. The third-order valence-corrected chi connectivity index (χ3v) is 4.88. The molecular formula is C24H25N3O3. The third-order valence-electron chi connectivity index (χ3n) is 4.88. The molecule has 0 unspecified atom stereocenters. The summed E-state index contributed by atoms with van der Waals surface area (Å²) in [6, 6.07) is 16.9. The Morgan fingerprint density at radius 1 is 0.933 bits per heavy atom. The average Bonchev–Trinajstić information content (AvgIpc) is 2.70. The predicted molar refractivity (Wildman–Crippen MR) is 119 cm³/mol. The summed E-state index contributed by atoms with van der Waals surface area (Å²) in [6.45, 7) is 5.52. The van der Waals surface area contributed by atoms with Crippen LogP contribution in [0, 0.1) is 13.8 Å². The number of amides is 2. The monoisotopic (exact) mass is 403 g/mol. The van der Waals surface area contributed by atoms with E-state index in [0.29, 0.717) is 29.9 Å². The molecule has 0 radical (unpaired) electrons. The number of anilines is 2.